The highest BCUT2D eigenvalue weighted by Crippen LogP contribution is 2.31. The van der Waals surface area contributed by atoms with Gasteiger partial charge in [-0.3, -0.25) is 9.69 Å². The van der Waals surface area contributed by atoms with Gasteiger partial charge in [-0.05, 0) is 63.5 Å². The maximum absolute atomic E-state index is 13.0. The molecule has 0 fully saturated rings. The van der Waals surface area contributed by atoms with E-state index in [0.717, 1.165) is 16.0 Å². The molecule has 6 nitrogen and oxygen atoms in total. The summed E-state index contributed by atoms with van der Waals surface area (Å²) in [6.07, 6.45) is 0. The summed E-state index contributed by atoms with van der Waals surface area (Å²) in [7, 11) is 3.90. The number of halogens is 1. The van der Waals surface area contributed by atoms with Crippen molar-refractivity contribution in [1.82, 2.24) is 9.88 Å². The number of aromatic nitrogens is 1. The Morgan fingerprint density at radius 1 is 1.07 bits per heavy atom. The molecule has 0 atom stereocenters. The van der Waals surface area contributed by atoms with E-state index < -0.39 is 0 Å². The first-order valence-electron chi connectivity index (χ1n) is 9.33. The lowest BCUT2D eigenvalue weighted by Crippen LogP contribution is -2.39. The predicted octanol–water partition coefficient (Wildman–Crippen LogP) is 3.81. The molecular formula is C21H24FN3O3S. The number of nitrogens with zero attached hydrogens (tertiary/aromatic N) is 3. The molecule has 0 aliphatic carbocycles. The van der Waals surface area contributed by atoms with E-state index in [-0.39, 0.29) is 18.3 Å². The number of carbonyl (C=O) groups is 1. The Hall–Kier alpha value is -2.71. The second-order valence-corrected chi connectivity index (χ2v) is 7.66. The number of ether oxygens (including phenoxy) is 2. The summed E-state index contributed by atoms with van der Waals surface area (Å²) in [5.41, 5.74) is 0.815. The molecular weight excluding hydrogens is 393 g/mol. The van der Waals surface area contributed by atoms with Gasteiger partial charge in [0, 0.05) is 13.1 Å². The molecule has 0 spiro atoms. The molecule has 3 aromatic rings. The first-order valence-corrected chi connectivity index (χ1v) is 10.1. The van der Waals surface area contributed by atoms with Crippen LogP contribution in [0.4, 0.5) is 9.52 Å². The number of hydrogen-bond donors (Lipinski definition) is 0. The fourth-order valence-corrected chi connectivity index (χ4v) is 3.68. The summed E-state index contributed by atoms with van der Waals surface area (Å²) in [4.78, 5) is 21.2. The lowest BCUT2D eigenvalue weighted by Gasteiger charge is -2.22. The lowest BCUT2D eigenvalue weighted by molar-refractivity contribution is -0.120. The summed E-state index contributed by atoms with van der Waals surface area (Å²) in [5.74, 6) is 0.663. The maximum atomic E-state index is 13.0. The normalized spacial score (nSPS) is 11.1. The number of fused-ring (bicyclic) bond motifs is 1. The van der Waals surface area contributed by atoms with Crippen molar-refractivity contribution in [3.63, 3.8) is 0 Å². The van der Waals surface area contributed by atoms with Gasteiger partial charge in [0.2, 0.25) is 0 Å². The number of carbonyl (C=O) groups excluding carboxylic acids is 1. The van der Waals surface area contributed by atoms with Gasteiger partial charge in [-0.1, -0.05) is 11.3 Å². The largest absolute Gasteiger partial charge is 0.494 e. The van der Waals surface area contributed by atoms with Crippen molar-refractivity contribution in [2.75, 3.05) is 45.3 Å². The number of hydrogen-bond acceptors (Lipinski definition) is 6. The topological polar surface area (TPSA) is 54.9 Å². The molecule has 1 aromatic heterocycles. The van der Waals surface area contributed by atoms with E-state index in [1.54, 1.807) is 4.90 Å². The van der Waals surface area contributed by atoms with Gasteiger partial charge in [0.25, 0.3) is 5.91 Å². The first kappa shape index (κ1) is 21.0. The maximum Gasteiger partial charge on any atom is 0.266 e. The van der Waals surface area contributed by atoms with Crippen LogP contribution in [0.25, 0.3) is 10.2 Å². The van der Waals surface area contributed by atoms with Crippen LogP contribution in [0.5, 0.6) is 11.5 Å². The van der Waals surface area contributed by atoms with Crippen molar-refractivity contribution in [3.05, 3.63) is 48.3 Å². The minimum Gasteiger partial charge on any atom is -0.494 e. The highest BCUT2D eigenvalue weighted by molar-refractivity contribution is 7.22. The van der Waals surface area contributed by atoms with E-state index in [4.69, 9.17) is 9.47 Å². The summed E-state index contributed by atoms with van der Waals surface area (Å²) < 4.78 is 25.1. The SMILES string of the molecule is CCOc1ccc2nc(N(CCN(C)C)C(=O)COc3ccc(F)cc3)sc2c1. The number of rotatable bonds is 9. The standard InChI is InChI=1S/C21H24FN3O3S/c1-4-27-17-9-10-18-19(13-17)29-21(23-18)25(12-11-24(2)3)20(26)14-28-16-7-5-15(22)6-8-16/h5-10,13H,4,11-12,14H2,1-3H3. The Morgan fingerprint density at radius 3 is 2.48 bits per heavy atom. The van der Waals surface area contributed by atoms with E-state index >= 15 is 0 Å². The molecule has 154 valence electrons. The van der Waals surface area contributed by atoms with Crippen LogP contribution in [0.2, 0.25) is 0 Å². The van der Waals surface area contributed by atoms with Crippen molar-refractivity contribution in [2.45, 2.75) is 6.92 Å². The van der Waals surface area contributed by atoms with Gasteiger partial charge in [-0.2, -0.15) is 0 Å². The van der Waals surface area contributed by atoms with E-state index in [1.807, 2.05) is 44.1 Å². The highest BCUT2D eigenvalue weighted by atomic mass is 32.1. The molecule has 0 bridgehead atoms. The van der Waals surface area contributed by atoms with Crippen molar-refractivity contribution < 1.29 is 18.7 Å². The van der Waals surface area contributed by atoms with Crippen LogP contribution >= 0.6 is 11.3 Å². The quantitative estimate of drug-likeness (QED) is 0.530. The Labute approximate surface area is 173 Å². The first-order chi connectivity index (χ1) is 14.0. The Morgan fingerprint density at radius 2 is 1.79 bits per heavy atom. The minimum atomic E-state index is -0.350. The lowest BCUT2D eigenvalue weighted by atomic mass is 10.3. The average Bonchev–Trinajstić information content (AvgIpc) is 3.10. The second-order valence-electron chi connectivity index (χ2n) is 6.65. The molecule has 2 aromatic carbocycles. The molecule has 0 saturated heterocycles. The molecule has 0 unspecified atom stereocenters. The highest BCUT2D eigenvalue weighted by Gasteiger charge is 2.20. The fourth-order valence-electron chi connectivity index (χ4n) is 2.65. The van der Waals surface area contributed by atoms with Crippen molar-refractivity contribution >= 4 is 32.6 Å². The third kappa shape index (κ3) is 5.65. The average molecular weight is 418 g/mol. The van der Waals surface area contributed by atoms with E-state index in [0.29, 0.717) is 30.6 Å². The zero-order valence-corrected chi connectivity index (χ0v) is 17.5. The van der Waals surface area contributed by atoms with Crippen LogP contribution < -0.4 is 14.4 Å². The van der Waals surface area contributed by atoms with E-state index in [1.165, 1.54) is 35.6 Å². The van der Waals surface area contributed by atoms with Gasteiger partial charge in [0.1, 0.15) is 17.3 Å². The van der Waals surface area contributed by atoms with Crippen LogP contribution in [0.1, 0.15) is 6.92 Å². The summed E-state index contributed by atoms with van der Waals surface area (Å²) >= 11 is 1.44. The summed E-state index contributed by atoms with van der Waals surface area (Å²) in [6, 6.07) is 11.3. The minimum absolute atomic E-state index is 0.154. The molecule has 29 heavy (non-hydrogen) atoms. The number of anilines is 1. The molecule has 0 saturated carbocycles. The van der Waals surface area contributed by atoms with E-state index in [2.05, 4.69) is 4.98 Å². The monoisotopic (exact) mass is 417 g/mol. The van der Waals surface area contributed by atoms with Crippen LogP contribution in [0.3, 0.4) is 0 Å². The van der Waals surface area contributed by atoms with E-state index in [9.17, 15) is 9.18 Å². The second kappa shape index (κ2) is 9.67. The summed E-state index contributed by atoms with van der Waals surface area (Å²) in [5, 5.41) is 0.614. The Balaban J connectivity index is 1.78. The number of thiazole rings is 1. The van der Waals surface area contributed by atoms with Crippen LogP contribution in [-0.4, -0.2) is 56.2 Å². The zero-order chi connectivity index (χ0) is 20.8. The number of benzene rings is 2. The van der Waals surface area contributed by atoms with Crippen molar-refractivity contribution in [3.8, 4) is 11.5 Å². The van der Waals surface area contributed by atoms with Crippen molar-refractivity contribution in [1.29, 1.82) is 0 Å². The van der Waals surface area contributed by atoms with Gasteiger partial charge in [0.05, 0.1) is 16.8 Å². The van der Waals surface area contributed by atoms with Crippen molar-refractivity contribution in [2.24, 2.45) is 0 Å². The number of amides is 1. The zero-order valence-electron chi connectivity index (χ0n) is 16.7. The van der Waals surface area contributed by atoms with Gasteiger partial charge < -0.3 is 14.4 Å². The molecule has 1 heterocycles. The fraction of sp³-hybridized carbons (Fsp3) is 0.333. The molecule has 0 radical (unpaired) electrons. The smallest absolute Gasteiger partial charge is 0.266 e. The van der Waals surface area contributed by atoms with Crippen LogP contribution in [-0.2, 0) is 4.79 Å². The molecule has 1 amide bonds. The predicted molar refractivity (Wildman–Crippen MR) is 114 cm³/mol. The molecule has 0 N–H and O–H groups in total. The molecule has 3 rings (SSSR count). The van der Waals surface area contributed by atoms with Gasteiger partial charge in [-0.25, -0.2) is 9.37 Å². The van der Waals surface area contributed by atoms with Gasteiger partial charge in [-0.15, -0.1) is 0 Å². The van der Waals surface area contributed by atoms with Gasteiger partial charge in [0.15, 0.2) is 11.7 Å². The van der Waals surface area contributed by atoms with Gasteiger partial charge >= 0.3 is 0 Å². The molecule has 0 aliphatic heterocycles. The Bertz CT molecular complexity index is 959. The molecule has 8 heteroatoms. The van der Waals surface area contributed by atoms with Crippen LogP contribution in [0, 0.1) is 5.82 Å². The third-order valence-electron chi connectivity index (χ3n) is 4.14. The Kier molecular flexibility index (Phi) is 7.00. The third-order valence-corrected chi connectivity index (χ3v) is 5.18. The summed E-state index contributed by atoms with van der Waals surface area (Å²) in [6.45, 7) is 3.54. The molecule has 0 aliphatic rings. The van der Waals surface area contributed by atoms with Crippen LogP contribution in [0.15, 0.2) is 42.5 Å². The number of likely N-dealkylation sites (N-methyl/N-ethyl adjacent to an activating group) is 1.